The molecule has 0 bridgehead atoms. The fraction of sp³-hybridized carbons (Fsp3) is 0.444. The SMILES string of the molecule is CNCC(C)C(=O)N1CCN(C(=O)c2cc3ccccc3[nH]2)CC1. The molecule has 1 aliphatic heterocycles. The molecule has 6 heteroatoms. The molecule has 1 unspecified atom stereocenters. The molecule has 2 N–H and O–H groups in total. The van der Waals surface area contributed by atoms with Crippen molar-refractivity contribution in [1.29, 1.82) is 0 Å². The molecule has 128 valence electrons. The molecule has 1 aromatic heterocycles. The van der Waals surface area contributed by atoms with E-state index in [1.807, 2.05) is 54.1 Å². The summed E-state index contributed by atoms with van der Waals surface area (Å²) >= 11 is 0. The first-order valence-corrected chi connectivity index (χ1v) is 8.40. The zero-order valence-electron chi connectivity index (χ0n) is 14.2. The summed E-state index contributed by atoms with van der Waals surface area (Å²) in [5.41, 5.74) is 1.58. The predicted molar refractivity (Wildman–Crippen MR) is 93.9 cm³/mol. The molecule has 0 aliphatic carbocycles. The number of para-hydroxylation sites is 1. The molecule has 1 fully saturated rings. The number of hydrogen-bond acceptors (Lipinski definition) is 3. The standard InChI is InChI=1S/C18H24N4O2/c1-13(12-19-2)17(23)21-7-9-22(10-8-21)18(24)16-11-14-5-3-4-6-15(14)20-16/h3-6,11,13,19-20H,7-10,12H2,1-2H3. The van der Waals surface area contributed by atoms with Crippen molar-refractivity contribution in [3.05, 3.63) is 36.0 Å². The largest absolute Gasteiger partial charge is 0.351 e. The number of nitrogens with one attached hydrogen (secondary N) is 2. The summed E-state index contributed by atoms with van der Waals surface area (Å²) in [6, 6.07) is 9.75. The first kappa shape index (κ1) is 16.5. The topological polar surface area (TPSA) is 68.4 Å². The molecular weight excluding hydrogens is 304 g/mol. The number of hydrogen-bond donors (Lipinski definition) is 2. The highest BCUT2D eigenvalue weighted by Crippen LogP contribution is 2.17. The van der Waals surface area contributed by atoms with Crippen molar-refractivity contribution in [1.82, 2.24) is 20.1 Å². The van der Waals surface area contributed by atoms with Gasteiger partial charge in [0.2, 0.25) is 5.91 Å². The minimum atomic E-state index is -0.0362. The van der Waals surface area contributed by atoms with Crippen molar-refractivity contribution >= 4 is 22.7 Å². The molecule has 2 amide bonds. The first-order chi connectivity index (χ1) is 11.6. The van der Waals surface area contributed by atoms with Crippen LogP contribution in [0.15, 0.2) is 30.3 Å². The number of H-pyrrole nitrogens is 1. The molecule has 1 aromatic carbocycles. The van der Waals surface area contributed by atoms with Crippen LogP contribution in [-0.4, -0.2) is 66.4 Å². The van der Waals surface area contributed by atoms with Crippen LogP contribution in [0.1, 0.15) is 17.4 Å². The van der Waals surface area contributed by atoms with Gasteiger partial charge in [-0.15, -0.1) is 0 Å². The Bertz CT molecular complexity index is 698. The number of benzene rings is 1. The van der Waals surface area contributed by atoms with Gasteiger partial charge in [0.15, 0.2) is 0 Å². The molecule has 3 rings (SSSR count). The van der Waals surface area contributed by atoms with E-state index < -0.39 is 0 Å². The molecule has 0 spiro atoms. The van der Waals surface area contributed by atoms with Crippen LogP contribution in [-0.2, 0) is 4.79 Å². The number of amides is 2. The summed E-state index contributed by atoms with van der Waals surface area (Å²) in [6.07, 6.45) is 0. The van der Waals surface area contributed by atoms with Crippen molar-refractivity contribution < 1.29 is 9.59 Å². The maximum Gasteiger partial charge on any atom is 0.270 e. The molecule has 2 aromatic rings. The molecular formula is C18H24N4O2. The minimum Gasteiger partial charge on any atom is -0.351 e. The number of aromatic nitrogens is 1. The van der Waals surface area contributed by atoms with Crippen LogP contribution in [0.25, 0.3) is 10.9 Å². The van der Waals surface area contributed by atoms with E-state index in [4.69, 9.17) is 0 Å². The predicted octanol–water partition coefficient (Wildman–Crippen LogP) is 1.31. The third kappa shape index (κ3) is 3.28. The van der Waals surface area contributed by atoms with Gasteiger partial charge < -0.3 is 20.1 Å². The van der Waals surface area contributed by atoms with E-state index in [0.29, 0.717) is 38.4 Å². The number of nitrogens with zero attached hydrogens (tertiary/aromatic N) is 2. The number of aromatic amines is 1. The maximum absolute atomic E-state index is 12.7. The van der Waals surface area contributed by atoms with Gasteiger partial charge in [0.25, 0.3) is 5.91 Å². The Morgan fingerprint density at radius 2 is 1.83 bits per heavy atom. The van der Waals surface area contributed by atoms with Crippen LogP contribution in [0.3, 0.4) is 0 Å². The van der Waals surface area contributed by atoms with Gasteiger partial charge in [-0.05, 0) is 19.2 Å². The van der Waals surface area contributed by atoms with E-state index in [1.165, 1.54) is 0 Å². The fourth-order valence-corrected chi connectivity index (χ4v) is 3.19. The summed E-state index contributed by atoms with van der Waals surface area (Å²) < 4.78 is 0. The maximum atomic E-state index is 12.7. The quantitative estimate of drug-likeness (QED) is 0.889. The fourth-order valence-electron chi connectivity index (χ4n) is 3.19. The number of piperazine rings is 1. The van der Waals surface area contributed by atoms with Crippen LogP contribution < -0.4 is 5.32 Å². The Hall–Kier alpha value is -2.34. The van der Waals surface area contributed by atoms with Crippen LogP contribution in [0.4, 0.5) is 0 Å². The van der Waals surface area contributed by atoms with E-state index in [0.717, 1.165) is 10.9 Å². The number of fused-ring (bicyclic) bond motifs is 1. The van der Waals surface area contributed by atoms with Gasteiger partial charge in [0.05, 0.1) is 0 Å². The van der Waals surface area contributed by atoms with E-state index >= 15 is 0 Å². The summed E-state index contributed by atoms with van der Waals surface area (Å²) in [5.74, 6) is 0.120. The Morgan fingerprint density at radius 3 is 2.50 bits per heavy atom. The third-order valence-corrected chi connectivity index (χ3v) is 4.57. The van der Waals surface area contributed by atoms with E-state index in [2.05, 4.69) is 10.3 Å². The molecule has 0 saturated carbocycles. The smallest absolute Gasteiger partial charge is 0.270 e. The summed E-state index contributed by atoms with van der Waals surface area (Å²) in [5, 5.41) is 4.07. The van der Waals surface area contributed by atoms with Gasteiger partial charge in [-0.2, -0.15) is 0 Å². The Morgan fingerprint density at radius 1 is 1.17 bits per heavy atom. The van der Waals surface area contributed by atoms with E-state index in [-0.39, 0.29) is 17.7 Å². The van der Waals surface area contributed by atoms with Gasteiger partial charge in [0, 0.05) is 49.5 Å². The van der Waals surface area contributed by atoms with E-state index in [9.17, 15) is 9.59 Å². The number of rotatable bonds is 4. The lowest BCUT2D eigenvalue weighted by Crippen LogP contribution is -2.52. The molecule has 24 heavy (non-hydrogen) atoms. The van der Waals surface area contributed by atoms with Crippen molar-refractivity contribution in [3.63, 3.8) is 0 Å². The average molecular weight is 328 g/mol. The van der Waals surface area contributed by atoms with Crippen molar-refractivity contribution in [3.8, 4) is 0 Å². The molecule has 6 nitrogen and oxygen atoms in total. The minimum absolute atomic E-state index is 0.00146. The molecule has 2 heterocycles. The number of carbonyl (C=O) groups is 2. The number of carbonyl (C=O) groups excluding carboxylic acids is 2. The average Bonchev–Trinajstić information content (AvgIpc) is 3.05. The lowest BCUT2D eigenvalue weighted by Gasteiger charge is -2.35. The summed E-state index contributed by atoms with van der Waals surface area (Å²) in [6.45, 7) is 4.95. The van der Waals surface area contributed by atoms with Crippen molar-refractivity contribution in [2.24, 2.45) is 5.92 Å². The second-order valence-electron chi connectivity index (χ2n) is 6.35. The molecule has 1 saturated heterocycles. The zero-order chi connectivity index (χ0) is 17.1. The van der Waals surface area contributed by atoms with Gasteiger partial charge in [-0.1, -0.05) is 25.1 Å². The van der Waals surface area contributed by atoms with Crippen LogP contribution in [0.2, 0.25) is 0 Å². The van der Waals surface area contributed by atoms with E-state index in [1.54, 1.807) is 0 Å². The summed E-state index contributed by atoms with van der Waals surface area (Å²) in [7, 11) is 1.85. The highest BCUT2D eigenvalue weighted by molar-refractivity contribution is 5.98. The van der Waals surface area contributed by atoms with Crippen molar-refractivity contribution in [2.45, 2.75) is 6.92 Å². The molecule has 1 atom stereocenters. The Labute approximate surface area is 141 Å². The lowest BCUT2D eigenvalue weighted by molar-refractivity contribution is -0.136. The van der Waals surface area contributed by atoms with Gasteiger partial charge >= 0.3 is 0 Å². The monoisotopic (exact) mass is 328 g/mol. The van der Waals surface area contributed by atoms with Crippen LogP contribution in [0.5, 0.6) is 0 Å². The lowest BCUT2D eigenvalue weighted by atomic mass is 10.1. The van der Waals surface area contributed by atoms with Gasteiger partial charge in [-0.25, -0.2) is 0 Å². The zero-order valence-corrected chi connectivity index (χ0v) is 14.2. The third-order valence-electron chi connectivity index (χ3n) is 4.57. The van der Waals surface area contributed by atoms with Gasteiger partial charge in [-0.3, -0.25) is 9.59 Å². The second-order valence-corrected chi connectivity index (χ2v) is 6.35. The highest BCUT2D eigenvalue weighted by atomic mass is 16.2. The Balaban J connectivity index is 1.62. The van der Waals surface area contributed by atoms with Crippen LogP contribution >= 0.6 is 0 Å². The second kappa shape index (κ2) is 7.05. The molecule has 1 aliphatic rings. The van der Waals surface area contributed by atoms with Gasteiger partial charge in [0.1, 0.15) is 5.69 Å². The Kier molecular flexibility index (Phi) is 4.85. The molecule has 0 radical (unpaired) electrons. The normalized spacial score (nSPS) is 16.4. The van der Waals surface area contributed by atoms with Crippen molar-refractivity contribution in [2.75, 3.05) is 39.8 Å². The first-order valence-electron chi connectivity index (χ1n) is 8.40. The summed E-state index contributed by atoms with van der Waals surface area (Å²) in [4.78, 5) is 31.8. The highest BCUT2D eigenvalue weighted by Gasteiger charge is 2.27. The van der Waals surface area contributed by atoms with Crippen LogP contribution in [0, 0.1) is 5.92 Å².